The molecule has 5 saturated heterocycles. The summed E-state index contributed by atoms with van der Waals surface area (Å²) in [5.41, 5.74) is 9.48. The van der Waals surface area contributed by atoms with E-state index in [2.05, 4.69) is 37.2 Å². The van der Waals surface area contributed by atoms with Gasteiger partial charge >= 0.3 is 5.97 Å². The van der Waals surface area contributed by atoms with Crippen molar-refractivity contribution in [2.75, 3.05) is 20.3 Å². The number of hydrogen-bond donors (Lipinski definition) is 26. The number of phenols is 4. The van der Waals surface area contributed by atoms with Gasteiger partial charge in [-0.25, -0.2) is 4.79 Å². The van der Waals surface area contributed by atoms with Gasteiger partial charge in [-0.2, -0.15) is 0 Å². The number of carboxylic acids is 1. The first-order chi connectivity index (χ1) is 64.7. The van der Waals surface area contributed by atoms with Crippen LogP contribution in [0.2, 0.25) is 10.0 Å². The summed E-state index contributed by atoms with van der Waals surface area (Å²) in [4.78, 5) is 112. The van der Waals surface area contributed by atoms with E-state index in [1.807, 2.05) is 0 Å². The molecule has 47 heteroatoms. The van der Waals surface area contributed by atoms with Crippen molar-refractivity contribution in [2.24, 2.45) is 11.5 Å². The van der Waals surface area contributed by atoms with Crippen molar-refractivity contribution >= 4 is 64.6 Å². The highest BCUT2D eigenvalue weighted by molar-refractivity contribution is 6.32. The number of fused-ring (bicyclic) bond motifs is 15. The SMILES string of the molecule is CNC(C(=O)N[C@H]1C(=O)N[C@@H](c2ccc(O)c(Cl)c2)C(=O)N[C@H]2C(=O)NC3C(=O)N[C@H](C(=O)N[C@@H](C(=O)O)c4cc(O)cc(O)c4-c4cc3ccc4O)[C@H](OC3CC(N)C(O)C(C)O3)c3ccc(c(Cl)c3)Oc3cc2cc(c3OC2OC(CO)C(O)C(O)C2OC2CC(N)C(O)C(C)O2)Oc2ccc(cc2)[C@H]1OC1OC(CO)C(O)C(O)C1O)c1ccc(OC2OC(C)C(O)C(O)C2O)cc1. The molecule has 10 heterocycles. The third-order valence-electron chi connectivity index (χ3n) is 24.8. The Kier molecular flexibility index (Phi) is 30.2. The molecule has 0 saturated carbocycles. The monoisotopic (exact) mass is 1940 g/mol. The highest BCUT2D eigenvalue weighted by atomic mass is 35.5. The van der Waals surface area contributed by atoms with Crippen LogP contribution in [-0.4, -0.2) is 302 Å². The number of aromatic hydroxyl groups is 4. The predicted octanol–water partition coefficient (Wildman–Crippen LogP) is -1.88. The quantitative estimate of drug-likeness (QED) is 0.0447. The fourth-order valence-corrected chi connectivity index (χ4v) is 17.7. The van der Waals surface area contributed by atoms with Crippen molar-refractivity contribution in [3.63, 3.8) is 0 Å². The summed E-state index contributed by atoms with van der Waals surface area (Å²) in [7, 11) is 1.33. The number of carbonyl (C=O) groups is 7. The largest absolute Gasteiger partial charge is 0.508 e. The number of aliphatic carboxylic acids is 1. The van der Waals surface area contributed by atoms with Crippen molar-refractivity contribution in [1.82, 2.24) is 37.2 Å². The molecule has 28 N–H and O–H groups in total. The first-order valence-corrected chi connectivity index (χ1v) is 43.7. The van der Waals surface area contributed by atoms with Gasteiger partial charge in [0, 0.05) is 47.7 Å². The van der Waals surface area contributed by atoms with E-state index in [1.165, 1.54) is 82.4 Å². The Bertz CT molecular complexity index is 5560. The molecule has 0 aromatic heterocycles. The summed E-state index contributed by atoms with van der Waals surface area (Å²) >= 11 is 14.1. The summed E-state index contributed by atoms with van der Waals surface area (Å²) in [5.74, 6) is -16.3. The second-order valence-electron chi connectivity index (χ2n) is 34.0. The van der Waals surface area contributed by atoms with Gasteiger partial charge in [0.15, 0.2) is 42.5 Å². The van der Waals surface area contributed by atoms with Crippen LogP contribution in [0.4, 0.5) is 0 Å². The van der Waals surface area contributed by atoms with E-state index < -0.39 is 334 Å². The van der Waals surface area contributed by atoms with Crippen LogP contribution in [0.1, 0.15) is 115 Å². The average molecular weight is 1940 g/mol. The summed E-state index contributed by atoms with van der Waals surface area (Å²) in [6, 6.07) is 5.55. The number of aliphatic hydroxyl groups is 12. The Morgan fingerprint density at radius 1 is 0.478 bits per heavy atom. The van der Waals surface area contributed by atoms with Gasteiger partial charge in [0.05, 0.1) is 53.8 Å². The fourth-order valence-electron chi connectivity index (χ4n) is 17.2. The zero-order valence-corrected chi connectivity index (χ0v) is 73.7. The van der Waals surface area contributed by atoms with Crippen LogP contribution < -0.4 is 67.6 Å². The van der Waals surface area contributed by atoms with Crippen LogP contribution in [0.15, 0.2) is 127 Å². The second kappa shape index (κ2) is 41.3. The number of carbonyl (C=O) groups excluding carboxylic acids is 6. The summed E-state index contributed by atoms with van der Waals surface area (Å²) in [6.07, 6.45) is -40.4. The molecule has 7 aromatic rings. The molecule has 25 unspecified atom stereocenters. The van der Waals surface area contributed by atoms with Gasteiger partial charge in [-0.1, -0.05) is 65.7 Å². The Balaban J connectivity index is 0.957. The van der Waals surface area contributed by atoms with E-state index in [1.54, 1.807) is 0 Å². The van der Waals surface area contributed by atoms with Crippen LogP contribution in [0.25, 0.3) is 11.1 Å². The number of aliphatic hydroxyl groups excluding tert-OH is 12. The lowest BCUT2D eigenvalue weighted by Crippen LogP contribution is -2.62. The summed E-state index contributed by atoms with van der Waals surface area (Å²) in [5, 5.41) is 208. The molecular weight excluding hydrogens is 1840 g/mol. The van der Waals surface area contributed by atoms with E-state index in [-0.39, 0.29) is 46.6 Å². The number of benzene rings is 7. The number of halogens is 2. The number of nitrogens with two attached hydrogens (primary N) is 2. The predicted molar refractivity (Wildman–Crippen MR) is 461 cm³/mol. The van der Waals surface area contributed by atoms with Crippen molar-refractivity contribution in [3.8, 4) is 68.6 Å². The molecule has 17 rings (SSSR count). The molecule has 10 aliphatic heterocycles. The van der Waals surface area contributed by atoms with Gasteiger partial charge in [-0.15, -0.1) is 0 Å². The van der Waals surface area contributed by atoms with E-state index in [9.17, 15) is 91.6 Å². The number of phenolic OH excluding ortho intramolecular Hbond substituents is 4. The minimum atomic E-state index is -2.49. The molecule has 732 valence electrons. The minimum absolute atomic E-state index is 0.00609. The lowest BCUT2D eigenvalue weighted by atomic mass is 9.89. The smallest absolute Gasteiger partial charge is 0.330 e. The molecule has 0 spiro atoms. The third-order valence-corrected chi connectivity index (χ3v) is 25.4. The minimum Gasteiger partial charge on any atom is -0.508 e. The zero-order valence-electron chi connectivity index (χ0n) is 72.2. The van der Waals surface area contributed by atoms with Gasteiger partial charge in [0.25, 0.3) is 0 Å². The molecule has 136 heavy (non-hydrogen) atoms. The first kappa shape index (κ1) is 99.4. The van der Waals surface area contributed by atoms with Crippen molar-refractivity contribution in [2.45, 2.75) is 229 Å². The van der Waals surface area contributed by atoms with E-state index in [4.69, 9.17) is 91.5 Å². The number of ether oxygens (including phenoxy) is 12. The number of hydrogen-bond acceptors (Lipinski definition) is 38. The van der Waals surface area contributed by atoms with Gasteiger partial charge < -0.3 is 192 Å². The lowest BCUT2D eigenvalue weighted by molar-refractivity contribution is -0.330. The standard InChI is InChI=1S/C89H101Cl2N9O36/c1-30-66(107)46(92)26-56(125-30)133-77-37-11-18-51(45(91)21-37)130-53-23-38-22-52(78(53)136-89-79(73(114)70(111)55(29-102)132-89)134-57-27-47(93)67(108)31(2)126-57)128-40-14-7-34(8-15-40)76(135-88-75(116)72(113)69(110)54(28-101)131-88)64(99-80(117)59(94-4)33-5-12-41(13-6-33)129-87-74(115)71(112)68(109)32(3)127-87)84(121)96-61(36-10-17-49(105)44(90)20-36)81(118)97-62(38)83(120)95-60-35-9-16-48(104)42(19-35)58-43(24-39(103)25-50(58)106)63(86(123)124)98-85(122)65(77)100-82(60)119/h5-25,30-32,46-47,54-57,59-77,79,87-89,94,101-116H,26-29,92-93H2,1-4H3,(H,95,120)(H,96,121)(H,97,118)(H,98,122)(H,99,117)(H,100,119)(H,123,124)/t30?,31?,32?,46?,47?,54?,55?,56?,57?,59?,60?,61-,62+,63+,64+,65-,66?,67?,68?,69?,70?,71?,72?,73?,74?,75?,76+,77+,79?,87?,88?,89?/m0/s1. The van der Waals surface area contributed by atoms with Crippen LogP contribution in [0.5, 0.6) is 57.5 Å². The van der Waals surface area contributed by atoms with E-state index in [0.717, 1.165) is 72.8 Å². The molecule has 0 aliphatic carbocycles. The van der Waals surface area contributed by atoms with Crippen LogP contribution in [-0.2, 0) is 71.5 Å². The molecule has 0 radical (unpaired) electrons. The maximum atomic E-state index is 16.9. The Labute approximate surface area is 781 Å². The normalized spacial score (nSPS) is 34.0. The molecular formula is C89H101Cl2N9O36. The molecule has 11 bridgehead atoms. The van der Waals surface area contributed by atoms with Crippen LogP contribution in [0, 0.1) is 0 Å². The molecule has 7 aromatic carbocycles. The topological polar surface area (TPSA) is 710 Å². The number of nitrogens with one attached hydrogen (secondary N) is 7. The van der Waals surface area contributed by atoms with Crippen molar-refractivity contribution in [1.29, 1.82) is 0 Å². The highest BCUT2D eigenvalue weighted by Gasteiger charge is 2.53. The van der Waals surface area contributed by atoms with Crippen molar-refractivity contribution in [3.05, 3.63) is 176 Å². The maximum Gasteiger partial charge on any atom is 0.330 e. The number of rotatable bonds is 18. The molecule has 45 nitrogen and oxygen atoms in total. The Morgan fingerprint density at radius 3 is 1.62 bits per heavy atom. The molecule has 6 amide bonds. The maximum absolute atomic E-state index is 16.9. The summed E-state index contributed by atoms with van der Waals surface area (Å²) in [6.45, 7) is 2.24. The van der Waals surface area contributed by atoms with Gasteiger partial charge in [-0.3, -0.25) is 28.8 Å². The average Bonchev–Trinajstić information content (AvgIpc) is 0.757. The number of amides is 6. The highest BCUT2D eigenvalue weighted by Crippen LogP contribution is 2.51. The van der Waals surface area contributed by atoms with Gasteiger partial charge in [0.2, 0.25) is 53.8 Å². The van der Waals surface area contributed by atoms with Gasteiger partial charge in [-0.05, 0) is 140 Å². The first-order valence-electron chi connectivity index (χ1n) is 42.9. The Morgan fingerprint density at radius 2 is 1.01 bits per heavy atom. The van der Waals surface area contributed by atoms with Gasteiger partial charge in [0.1, 0.15) is 150 Å². The van der Waals surface area contributed by atoms with E-state index >= 15 is 28.8 Å². The zero-order chi connectivity index (χ0) is 97.8. The van der Waals surface area contributed by atoms with E-state index in [0.29, 0.717) is 0 Å². The van der Waals surface area contributed by atoms with Crippen LogP contribution >= 0.6 is 23.2 Å². The molecule has 5 fully saturated rings. The lowest BCUT2D eigenvalue weighted by Gasteiger charge is -2.44. The van der Waals surface area contributed by atoms with Crippen LogP contribution in [0.3, 0.4) is 0 Å². The third kappa shape index (κ3) is 20.6. The fraction of sp³-hybridized carbons (Fsp3) is 0.449. The molecule has 10 aliphatic rings. The number of likely N-dealkylation sites (N-methyl/N-ethyl adjacent to an activating group) is 1. The summed E-state index contributed by atoms with van der Waals surface area (Å²) < 4.78 is 76.1. The van der Waals surface area contributed by atoms with Crippen molar-refractivity contribution < 1.29 is 177 Å². The molecule has 32 atom stereocenters. The second-order valence-corrected chi connectivity index (χ2v) is 34.8. The number of carboxylic acid groups (broad SMARTS) is 1. The Hall–Kier alpha value is -11.1.